The molecule has 1 heterocycles. The molecule has 0 aromatic heterocycles. The van der Waals surface area contributed by atoms with Crippen molar-refractivity contribution in [2.75, 3.05) is 32.8 Å². The van der Waals surface area contributed by atoms with Crippen molar-refractivity contribution in [1.29, 1.82) is 0 Å². The van der Waals surface area contributed by atoms with Crippen LogP contribution in [0.4, 0.5) is 0 Å². The first kappa shape index (κ1) is 17.2. The molecule has 2 fully saturated rings. The van der Waals surface area contributed by atoms with Gasteiger partial charge in [-0.3, -0.25) is 4.79 Å². The number of amides is 1. The van der Waals surface area contributed by atoms with E-state index in [2.05, 4.69) is 16.0 Å². The molecule has 2 atom stereocenters. The van der Waals surface area contributed by atoms with Crippen LogP contribution in [-0.4, -0.2) is 49.9 Å². The maximum atomic E-state index is 11.8. The van der Waals surface area contributed by atoms with Gasteiger partial charge in [-0.05, 0) is 24.8 Å². The Morgan fingerprint density at radius 1 is 1.25 bits per heavy atom. The first-order valence-corrected chi connectivity index (χ1v) is 8.79. The van der Waals surface area contributed by atoms with Crippen LogP contribution in [0.2, 0.25) is 0 Å². The van der Waals surface area contributed by atoms with E-state index in [9.17, 15) is 9.90 Å². The van der Waals surface area contributed by atoms with Crippen LogP contribution in [0, 0.1) is 11.8 Å². The maximum absolute atomic E-state index is 11.8. The summed E-state index contributed by atoms with van der Waals surface area (Å²) >= 11 is 0. The van der Waals surface area contributed by atoms with Crippen molar-refractivity contribution < 1.29 is 14.6 Å². The fourth-order valence-corrected chi connectivity index (χ4v) is 2.88. The van der Waals surface area contributed by atoms with E-state index in [0.29, 0.717) is 19.0 Å². The van der Waals surface area contributed by atoms with Crippen LogP contribution in [-0.2, 0) is 11.3 Å². The molecule has 1 amide bonds. The molecule has 1 aromatic rings. The number of hydrogen-bond donors (Lipinski definition) is 4. The Balaban J connectivity index is 1.42. The fraction of sp³-hybridized carbons (Fsp3) is 0.611. The predicted octanol–water partition coefficient (Wildman–Crippen LogP) is 0.262. The highest BCUT2D eigenvalue weighted by atomic mass is 16.5. The molecular weight excluding hydrogens is 306 g/mol. The van der Waals surface area contributed by atoms with Gasteiger partial charge in [0.1, 0.15) is 5.75 Å². The average molecular weight is 333 g/mol. The molecule has 1 saturated heterocycles. The van der Waals surface area contributed by atoms with Gasteiger partial charge in [-0.2, -0.15) is 0 Å². The van der Waals surface area contributed by atoms with E-state index in [4.69, 9.17) is 4.74 Å². The van der Waals surface area contributed by atoms with E-state index in [1.54, 1.807) is 0 Å². The van der Waals surface area contributed by atoms with Crippen molar-refractivity contribution in [3.05, 3.63) is 29.8 Å². The van der Waals surface area contributed by atoms with Crippen LogP contribution in [0.5, 0.6) is 5.75 Å². The Kier molecular flexibility index (Phi) is 6.07. The molecule has 132 valence electrons. The number of ether oxygens (including phenoxy) is 1. The summed E-state index contributed by atoms with van der Waals surface area (Å²) in [5.41, 5.74) is 1.02. The van der Waals surface area contributed by atoms with Gasteiger partial charge in [-0.15, -0.1) is 0 Å². The summed E-state index contributed by atoms with van der Waals surface area (Å²) in [5.74, 6) is 1.58. The van der Waals surface area contributed by atoms with Gasteiger partial charge < -0.3 is 25.8 Å². The predicted molar refractivity (Wildman–Crippen MR) is 91.7 cm³/mol. The monoisotopic (exact) mass is 333 g/mol. The highest BCUT2D eigenvalue weighted by Crippen LogP contribution is 2.27. The normalized spacial score (nSPS) is 23.2. The van der Waals surface area contributed by atoms with Crippen LogP contribution in [0.15, 0.2) is 24.3 Å². The molecule has 0 radical (unpaired) electrons. The van der Waals surface area contributed by atoms with Gasteiger partial charge in [-0.1, -0.05) is 18.2 Å². The van der Waals surface area contributed by atoms with Crippen LogP contribution >= 0.6 is 0 Å². The Morgan fingerprint density at radius 2 is 2.08 bits per heavy atom. The Morgan fingerprint density at radius 3 is 2.83 bits per heavy atom. The standard InChI is InChI=1S/C18H27N3O3/c22-16-11-20-10-15(16)9-19-8-14-3-1-2-4-17(14)24-12-18(23)21-7-13-5-6-13/h1-4,13,15-16,19-20,22H,5-12H2,(H,21,23). The number of hydrogen-bond acceptors (Lipinski definition) is 5. The molecule has 24 heavy (non-hydrogen) atoms. The Hall–Kier alpha value is -1.63. The number of aliphatic hydroxyl groups excluding tert-OH is 1. The van der Waals surface area contributed by atoms with Crippen molar-refractivity contribution >= 4 is 5.91 Å². The first-order valence-electron chi connectivity index (χ1n) is 8.79. The lowest BCUT2D eigenvalue weighted by Gasteiger charge is -2.16. The molecule has 0 spiro atoms. The van der Waals surface area contributed by atoms with E-state index in [-0.39, 0.29) is 24.5 Å². The Bertz CT molecular complexity index is 548. The average Bonchev–Trinajstić information content (AvgIpc) is 3.34. The minimum Gasteiger partial charge on any atom is -0.483 e. The maximum Gasteiger partial charge on any atom is 0.257 e. The van der Waals surface area contributed by atoms with E-state index in [1.807, 2.05) is 24.3 Å². The van der Waals surface area contributed by atoms with Crippen LogP contribution < -0.4 is 20.7 Å². The van der Waals surface area contributed by atoms with Gasteiger partial charge in [0.2, 0.25) is 0 Å². The second-order valence-electron chi connectivity index (χ2n) is 6.76. The molecule has 1 aliphatic carbocycles. The fourth-order valence-electron chi connectivity index (χ4n) is 2.88. The summed E-state index contributed by atoms with van der Waals surface area (Å²) in [6.45, 7) is 3.74. The molecule has 1 saturated carbocycles. The van der Waals surface area contributed by atoms with Crippen LogP contribution in [0.25, 0.3) is 0 Å². The highest BCUT2D eigenvalue weighted by molar-refractivity contribution is 5.77. The molecule has 1 aromatic carbocycles. The zero-order valence-corrected chi connectivity index (χ0v) is 14.0. The van der Waals surface area contributed by atoms with Gasteiger partial charge in [0.05, 0.1) is 6.10 Å². The number of carbonyl (C=O) groups is 1. The first-order chi connectivity index (χ1) is 11.7. The third-order valence-electron chi connectivity index (χ3n) is 4.64. The summed E-state index contributed by atoms with van der Waals surface area (Å²) < 4.78 is 5.68. The van der Waals surface area contributed by atoms with Crippen LogP contribution in [0.1, 0.15) is 18.4 Å². The zero-order valence-electron chi connectivity index (χ0n) is 14.0. The summed E-state index contributed by atoms with van der Waals surface area (Å²) in [6.07, 6.45) is 2.17. The molecule has 0 bridgehead atoms. The highest BCUT2D eigenvalue weighted by Gasteiger charge is 2.24. The van der Waals surface area contributed by atoms with Crippen molar-refractivity contribution in [1.82, 2.24) is 16.0 Å². The number of carbonyl (C=O) groups excluding carboxylic acids is 1. The summed E-state index contributed by atoms with van der Waals surface area (Å²) in [4.78, 5) is 11.8. The van der Waals surface area contributed by atoms with Crippen molar-refractivity contribution in [2.24, 2.45) is 11.8 Å². The molecule has 2 unspecified atom stereocenters. The largest absolute Gasteiger partial charge is 0.483 e. The summed E-state index contributed by atoms with van der Waals surface area (Å²) in [5, 5.41) is 19.3. The van der Waals surface area contributed by atoms with E-state index in [0.717, 1.165) is 30.9 Å². The van der Waals surface area contributed by atoms with E-state index in [1.165, 1.54) is 12.8 Å². The van der Waals surface area contributed by atoms with Crippen molar-refractivity contribution in [3.8, 4) is 5.75 Å². The van der Waals surface area contributed by atoms with E-state index < -0.39 is 0 Å². The number of β-amino-alcohol motifs (C(OH)–C–C–N with tert-alkyl or cyclic N) is 1. The number of benzene rings is 1. The molecule has 4 N–H and O–H groups in total. The zero-order chi connectivity index (χ0) is 16.8. The number of para-hydroxylation sites is 1. The smallest absolute Gasteiger partial charge is 0.257 e. The minimum atomic E-state index is -0.279. The van der Waals surface area contributed by atoms with Gasteiger partial charge in [0.15, 0.2) is 6.61 Å². The molecule has 1 aliphatic heterocycles. The lowest BCUT2D eigenvalue weighted by atomic mass is 10.1. The second kappa shape index (κ2) is 8.46. The number of nitrogens with one attached hydrogen (secondary N) is 3. The van der Waals surface area contributed by atoms with Crippen molar-refractivity contribution in [2.45, 2.75) is 25.5 Å². The molecule has 2 aliphatic rings. The lowest BCUT2D eigenvalue weighted by Crippen LogP contribution is -2.31. The SMILES string of the molecule is O=C(COc1ccccc1CNCC1CNCC1O)NCC1CC1. The number of rotatable bonds is 9. The van der Waals surface area contributed by atoms with Gasteiger partial charge in [0, 0.05) is 44.2 Å². The third-order valence-corrected chi connectivity index (χ3v) is 4.64. The quantitative estimate of drug-likeness (QED) is 0.521. The lowest BCUT2D eigenvalue weighted by molar-refractivity contribution is -0.123. The minimum absolute atomic E-state index is 0.0506. The van der Waals surface area contributed by atoms with Gasteiger partial charge in [-0.25, -0.2) is 0 Å². The number of aliphatic hydroxyl groups is 1. The van der Waals surface area contributed by atoms with Gasteiger partial charge >= 0.3 is 0 Å². The van der Waals surface area contributed by atoms with Crippen LogP contribution in [0.3, 0.4) is 0 Å². The molecule has 3 rings (SSSR count). The molecular formula is C18H27N3O3. The second-order valence-corrected chi connectivity index (χ2v) is 6.76. The summed E-state index contributed by atoms with van der Waals surface area (Å²) in [6, 6.07) is 7.75. The topological polar surface area (TPSA) is 82.6 Å². The van der Waals surface area contributed by atoms with Gasteiger partial charge in [0.25, 0.3) is 5.91 Å². The van der Waals surface area contributed by atoms with Crippen molar-refractivity contribution in [3.63, 3.8) is 0 Å². The third kappa shape index (κ3) is 5.19. The summed E-state index contributed by atoms with van der Waals surface area (Å²) in [7, 11) is 0. The van der Waals surface area contributed by atoms with E-state index >= 15 is 0 Å². The molecule has 6 heteroatoms. The Labute approximate surface area is 143 Å². The molecule has 6 nitrogen and oxygen atoms in total.